The third kappa shape index (κ3) is 3.05. The first kappa shape index (κ1) is 13.0. The highest BCUT2D eigenvalue weighted by Gasteiger charge is 2.19. The van der Waals surface area contributed by atoms with E-state index in [1.807, 2.05) is 11.9 Å². The van der Waals surface area contributed by atoms with Gasteiger partial charge in [0.25, 0.3) is 0 Å². The van der Waals surface area contributed by atoms with Gasteiger partial charge in [0.05, 0.1) is 12.1 Å². The van der Waals surface area contributed by atoms with Crippen LogP contribution in [-0.4, -0.2) is 60.5 Å². The monoisotopic (exact) mass is 252 g/mol. The van der Waals surface area contributed by atoms with Crippen molar-refractivity contribution in [2.24, 2.45) is 0 Å². The molecule has 0 aliphatic carbocycles. The van der Waals surface area contributed by atoms with Gasteiger partial charge in [-0.15, -0.1) is 0 Å². The molecule has 1 fully saturated rings. The van der Waals surface area contributed by atoms with Crippen molar-refractivity contribution in [1.29, 1.82) is 0 Å². The van der Waals surface area contributed by atoms with Crippen LogP contribution in [-0.2, 0) is 0 Å². The summed E-state index contributed by atoms with van der Waals surface area (Å²) < 4.78 is 13.5. The zero-order valence-electron chi connectivity index (χ0n) is 10.4. The van der Waals surface area contributed by atoms with Gasteiger partial charge in [-0.05, 0) is 19.2 Å². The number of rotatable bonds is 3. The van der Waals surface area contributed by atoms with Gasteiger partial charge in [0, 0.05) is 32.2 Å². The summed E-state index contributed by atoms with van der Waals surface area (Å²) in [6.45, 7) is 3.72. The summed E-state index contributed by atoms with van der Waals surface area (Å²) in [5, 5.41) is 9.10. The second-order valence-electron chi connectivity index (χ2n) is 4.67. The lowest BCUT2D eigenvalue weighted by molar-refractivity contribution is 0.0872. The normalized spacial score (nSPS) is 17.9. The van der Waals surface area contributed by atoms with Gasteiger partial charge in [0.15, 0.2) is 5.78 Å². The second kappa shape index (κ2) is 5.46. The Balaban J connectivity index is 1.99. The molecule has 2 rings (SSSR count). The minimum atomic E-state index is -0.658. The van der Waals surface area contributed by atoms with Crippen molar-refractivity contribution in [2.45, 2.75) is 0 Å². The molecule has 1 saturated heterocycles. The molecule has 1 aliphatic rings. The SMILES string of the molecule is CN1CCN(CC(=O)c2ccc(O)cc2F)CC1. The zero-order valence-corrected chi connectivity index (χ0v) is 10.4. The van der Waals surface area contributed by atoms with Crippen LogP contribution >= 0.6 is 0 Å². The second-order valence-corrected chi connectivity index (χ2v) is 4.67. The molecule has 0 radical (unpaired) electrons. The summed E-state index contributed by atoms with van der Waals surface area (Å²) in [6.07, 6.45) is 0. The third-order valence-electron chi connectivity index (χ3n) is 3.22. The number of phenolic OH excluding ortho intramolecular Hbond substituents is 1. The molecule has 0 amide bonds. The van der Waals surface area contributed by atoms with Gasteiger partial charge >= 0.3 is 0 Å². The van der Waals surface area contributed by atoms with Gasteiger partial charge in [-0.3, -0.25) is 9.69 Å². The summed E-state index contributed by atoms with van der Waals surface area (Å²) in [5.74, 6) is -1.06. The molecule has 0 unspecified atom stereocenters. The highest BCUT2D eigenvalue weighted by atomic mass is 19.1. The predicted octanol–water partition coefficient (Wildman–Crippen LogP) is 0.961. The standard InChI is InChI=1S/C13H17FN2O2/c1-15-4-6-16(7-5-15)9-13(18)11-3-2-10(17)8-12(11)14/h2-3,8,17H,4-7,9H2,1H3. The van der Waals surface area contributed by atoms with Gasteiger partial charge < -0.3 is 10.0 Å². The van der Waals surface area contributed by atoms with Gasteiger partial charge in [-0.2, -0.15) is 0 Å². The summed E-state index contributed by atoms with van der Waals surface area (Å²) in [7, 11) is 2.04. The number of phenols is 1. The first-order valence-electron chi connectivity index (χ1n) is 5.99. The van der Waals surface area contributed by atoms with Crippen LogP contribution in [0.15, 0.2) is 18.2 Å². The number of Topliss-reactive ketones (excluding diaryl/α,β-unsaturated/α-hetero) is 1. The van der Waals surface area contributed by atoms with E-state index in [0.29, 0.717) is 0 Å². The van der Waals surface area contributed by atoms with Gasteiger partial charge in [0.1, 0.15) is 11.6 Å². The summed E-state index contributed by atoms with van der Waals surface area (Å²) in [5.41, 5.74) is 0.0479. The van der Waals surface area contributed by atoms with Crippen molar-refractivity contribution in [2.75, 3.05) is 39.8 Å². The Morgan fingerprint density at radius 2 is 2.00 bits per heavy atom. The molecule has 1 aromatic rings. The first-order chi connectivity index (χ1) is 8.56. The molecular weight excluding hydrogens is 235 g/mol. The van der Waals surface area contributed by atoms with Crippen molar-refractivity contribution >= 4 is 5.78 Å². The number of likely N-dealkylation sites (N-methyl/N-ethyl adjacent to an activating group) is 1. The van der Waals surface area contributed by atoms with Crippen LogP contribution in [0.1, 0.15) is 10.4 Å². The fourth-order valence-corrected chi connectivity index (χ4v) is 2.02. The maximum Gasteiger partial charge on any atom is 0.179 e. The molecule has 0 atom stereocenters. The van der Waals surface area contributed by atoms with Crippen molar-refractivity contribution in [3.8, 4) is 5.75 Å². The van der Waals surface area contributed by atoms with Crippen molar-refractivity contribution in [3.05, 3.63) is 29.6 Å². The van der Waals surface area contributed by atoms with Crippen molar-refractivity contribution in [1.82, 2.24) is 9.80 Å². The van der Waals surface area contributed by atoms with E-state index in [1.165, 1.54) is 12.1 Å². The van der Waals surface area contributed by atoms with E-state index >= 15 is 0 Å². The predicted molar refractivity (Wildman–Crippen MR) is 66.3 cm³/mol. The number of aromatic hydroxyl groups is 1. The minimum Gasteiger partial charge on any atom is -0.508 e. The number of carbonyl (C=O) groups excluding carboxylic acids is 1. The molecule has 18 heavy (non-hydrogen) atoms. The van der Waals surface area contributed by atoms with E-state index in [4.69, 9.17) is 5.11 Å². The van der Waals surface area contributed by atoms with E-state index in [1.54, 1.807) is 0 Å². The molecule has 1 aliphatic heterocycles. The largest absolute Gasteiger partial charge is 0.508 e. The van der Waals surface area contributed by atoms with E-state index in [0.717, 1.165) is 32.2 Å². The summed E-state index contributed by atoms with van der Waals surface area (Å²) >= 11 is 0. The molecule has 0 aromatic heterocycles. The third-order valence-corrected chi connectivity index (χ3v) is 3.22. The van der Waals surface area contributed by atoms with Gasteiger partial charge in [0.2, 0.25) is 0 Å². The average Bonchev–Trinajstić information content (AvgIpc) is 2.32. The zero-order chi connectivity index (χ0) is 13.1. The van der Waals surface area contributed by atoms with Crippen LogP contribution in [0.25, 0.3) is 0 Å². The lowest BCUT2D eigenvalue weighted by Crippen LogP contribution is -2.46. The molecule has 1 N–H and O–H groups in total. The molecule has 98 valence electrons. The van der Waals surface area contributed by atoms with E-state index < -0.39 is 5.82 Å². The van der Waals surface area contributed by atoms with Crippen molar-refractivity contribution in [3.63, 3.8) is 0 Å². The number of ketones is 1. The Morgan fingerprint density at radius 3 is 2.61 bits per heavy atom. The molecule has 1 heterocycles. The molecule has 1 aromatic carbocycles. The highest BCUT2D eigenvalue weighted by molar-refractivity contribution is 5.98. The Hall–Kier alpha value is -1.46. The van der Waals surface area contributed by atoms with E-state index in [9.17, 15) is 9.18 Å². The average molecular weight is 252 g/mol. The number of hydrogen-bond acceptors (Lipinski definition) is 4. The van der Waals surface area contributed by atoms with Crippen molar-refractivity contribution < 1.29 is 14.3 Å². The lowest BCUT2D eigenvalue weighted by Gasteiger charge is -2.31. The molecule has 0 spiro atoms. The Kier molecular flexibility index (Phi) is 3.93. The Morgan fingerprint density at radius 1 is 1.33 bits per heavy atom. The number of halogens is 1. The van der Waals surface area contributed by atoms with Crippen LogP contribution in [0.2, 0.25) is 0 Å². The summed E-state index contributed by atoms with van der Waals surface area (Å²) in [6, 6.07) is 3.64. The fourth-order valence-electron chi connectivity index (χ4n) is 2.02. The number of nitrogens with zero attached hydrogens (tertiary/aromatic N) is 2. The van der Waals surface area contributed by atoms with E-state index in [-0.39, 0.29) is 23.6 Å². The molecular formula is C13H17FN2O2. The molecule has 0 bridgehead atoms. The maximum atomic E-state index is 13.5. The molecule has 0 saturated carbocycles. The number of carbonyl (C=O) groups is 1. The first-order valence-corrected chi connectivity index (χ1v) is 5.99. The highest BCUT2D eigenvalue weighted by Crippen LogP contribution is 2.16. The number of hydrogen-bond donors (Lipinski definition) is 1. The van der Waals surface area contributed by atoms with E-state index in [2.05, 4.69) is 4.90 Å². The minimum absolute atomic E-state index is 0.0479. The van der Waals surface area contributed by atoms with Crippen LogP contribution in [0.4, 0.5) is 4.39 Å². The Labute approximate surface area is 106 Å². The maximum absolute atomic E-state index is 13.5. The lowest BCUT2D eigenvalue weighted by atomic mass is 10.1. The van der Waals surface area contributed by atoms with Gasteiger partial charge in [-0.1, -0.05) is 0 Å². The summed E-state index contributed by atoms with van der Waals surface area (Å²) in [4.78, 5) is 16.2. The van der Waals surface area contributed by atoms with Crippen LogP contribution in [0, 0.1) is 5.82 Å². The quantitative estimate of drug-likeness (QED) is 0.814. The Bertz CT molecular complexity index is 443. The van der Waals surface area contributed by atoms with Crippen LogP contribution in [0.5, 0.6) is 5.75 Å². The van der Waals surface area contributed by atoms with Crippen LogP contribution in [0.3, 0.4) is 0 Å². The molecule has 4 nitrogen and oxygen atoms in total. The smallest absolute Gasteiger partial charge is 0.179 e. The number of piperazine rings is 1. The topological polar surface area (TPSA) is 43.8 Å². The fraction of sp³-hybridized carbons (Fsp3) is 0.462. The van der Waals surface area contributed by atoms with Crippen LogP contribution < -0.4 is 0 Å². The number of benzene rings is 1. The van der Waals surface area contributed by atoms with Gasteiger partial charge in [-0.25, -0.2) is 4.39 Å². The molecule has 5 heteroatoms.